The molecular formula is C27H23N3O4. The number of hydrogen-bond donors (Lipinski definition) is 1. The van der Waals surface area contributed by atoms with Gasteiger partial charge in [0.05, 0.1) is 24.6 Å². The van der Waals surface area contributed by atoms with E-state index in [1.54, 1.807) is 12.4 Å². The zero-order valence-corrected chi connectivity index (χ0v) is 18.7. The predicted octanol–water partition coefficient (Wildman–Crippen LogP) is 3.79. The number of nitrogens with zero attached hydrogens (tertiary/aromatic N) is 2. The van der Waals surface area contributed by atoms with Crippen LogP contribution in [0.3, 0.4) is 0 Å². The molecule has 0 aliphatic carbocycles. The minimum absolute atomic E-state index is 0.0265. The monoisotopic (exact) mass is 453 g/mol. The fraction of sp³-hybridized carbons (Fsp3) is 0.185. The number of rotatable bonds is 6. The number of nitrogens with one attached hydrogen (secondary N) is 1. The molecule has 0 spiro atoms. The molecule has 34 heavy (non-hydrogen) atoms. The SMILES string of the molecule is COC(=O)c1c[nH]c2ccc(C3(Cc4ccccn4)CC(=O)N(Cc4ccccc4)C3=O)cc12. The van der Waals surface area contributed by atoms with Crippen molar-refractivity contribution in [3.63, 3.8) is 0 Å². The highest BCUT2D eigenvalue weighted by molar-refractivity contribution is 6.10. The van der Waals surface area contributed by atoms with Crippen molar-refractivity contribution in [1.82, 2.24) is 14.9 Å². The van der Waals surface area contributed by atoms with Crippen molar-refractivity contribution in [2.24, 2.45) is 0 Å². The fourth-order valence-electron chi connectivity index (χ4n) is 4.70. The van der Waals surface area contributed by atoms with E-state index >= 15 is 0 Å². The van der Waals surface area contributed by atoms with E-state index in [1.807, 2.05) is 66.7 Å². The quantitative estimate of drug-likeness (QED) is 0.354. The van der Waals surface area contributed by atoms with Crippen molar-refractivity contribution in [2.45, 2.75) is 24.8 Å². The van der Waals surface area contributed by atoms with Gasteiger partial charge in [-0.25, -0.2) is 4.79 Å². The van der Waals surface area contributed by atoms with Gasteiger partial charge < -0.3 is 9.72 Å². The van der Waals surface area contributed by atoms with Gasteiger partial charge in [0, 0.05) is 41.8 Å². The second-order valence-electron chi connectivity index (χ2n) is 8.48. The zero-order valence-electron chi connectivity index (χ0n) is 18.7. The van der Waals surface area contributed by atoms with Crippen LogP contribution in [0.2, 0.25) is 0 Å². The first kappa shape index (κ1) is 21.6. The van der Waals surface area contributed by atoms with Gasteiger partial charge in [-0.1, -0.05) is 42.5 Å². The largest absolute Gasteiger partial charge is 0.465 e. The maximum absolute atomic E-state index is 14.0. The summed E-state index contributed by atoms with van der Waals surface area (Å²) in [5, 5.41) is 0.645. The molecule has 3 heterocycles. The van der Waals surface area contributed by atoms with E-state index in [2.05, 4.69) is 9.97 Å². The van der Waals surface area contributed by atoms with Crippen molar-refractivity contribution in [1.29, 1.82) is 0 Å². The number of carbonyl (C=O) groups is 3. The van der Waals surface area contributed by atoms with Crippen molar-refractivity contribution < 1.29 is 19.1 Å². The number of likely N-dealkylation sites (tertiary alicyclic amines) is 1. The second kappa shape index (κ2) is 8.59. The topological polar surface area (TPSA) is 92.4 Å². The maximum atomic E-state index is 14.0. The summed E-state index contributed by atoms with van der Waals surface area (Å²) in [5.74, 6) is -0.963. The average molecular weight is 453 g/mol. The predicted molar refractivity (Wildman–Crippen MR) is 126 cm³/mol. The molecule has 1 N–H and O–H groups in total. The van der Waals surface area contributed by atoms with E-state index in [0.717, 1.165) is 11.1 Å². The van der Waals surface area contributed by atoms with Gasteiger partial charge in [0.15, 0.2) is 0 Å². The lowest BCUT2D eigenvalue weighted by Gasteiger charge is -2.27. The highest BCUT2D eigenvalue weighted by Crippen LogP contribution is 2.41. The summed E-state index contributed by atoms with van der Waals surface area (Å²) in [6.45, 7) is 0.211. The zero-order chi connectivity index (χ0) is 23.7. The Morgan fingerprint density at radius 1 is 1.09 bits per heavy atom. The van der Waals surface area contributed by atoms with Crippen LogP contribution in [0.4, 0.5) is 0 Å². The minimum Gasteiger partial charge on any atom is -0.465 e. The summed E-state index contributed by atoms with van der Waals surface area (Å²) in [4.78, 5) is 48.3. The number of ether oxygens (including phenoxy) is 1. The Kier molecular flexibility index (Phi) is 5.45. The van der Waals surface area contributed by atoms with Crippen LogP contribution in [0.5, 0.6) is 0 Å². The molecular weight excluding hydrogens is 430 g/mol. The van der Waals surface area contributed by atoms with Gasteiger partial charge in [0.25, 0.3) is 0 Å². The highest BCUT2D eigenvalue weighted by Gasteiger charge is 2.52. The number of benzene rings is 2. The van der Waals surface area contributed by atoms with Gasteiger partial charge in [-0.05, 0) is 35.4 Å². The van der Waals surface area contributed by atoms with Gasteiger partial charge in [-0.3, -0.25) is 19.5 Å². The van der Waals surface area contributed by atoms with Crippen molar-refractivity contribution >= 4 is 28.7 Å². The van der Waals surface area contributed by atoms with Crippen LogP contribution in [-0.4, -0.2) is 39.8 Å². The lowest BCUT2D eigenvalue weighted by molar-refractivity contribution is -0.140. The van der Waals surface area contributed by atoms with Gasteiger partial charge in [-0.2, -0.15) is 0 Å². The number of hydrogen-bond acceptors (Lipinski definition) is 5. The maximum Gasteiger partial charge on any atom is 0.340 e. The first-order valence-corrected chi connectivity index (χ1v) is 11.0. The standard InChI is InChI=1S/C27H23N3O4/c1-34-25(32)22-16-29-23-11-10-19(13-21(22)23)27(14-20-9-5-6-12-28-20)15-24(31)30(26(27)33)17-18-7-3-2-4-8-18/h2-13,16,29H,14-15,17H2,1H3. The fourth-order valence-corrected chi connectivity index (χ4v) is 4.70. The minimum atomic E-state index is -1.13. The molecule has 4 aromatic rings. The van der Waals surface area contributed by atoms with Crippen LogP contribution in [-0.2, 0) is 32.7 Å². The third kappa shape index (κ3) is 3.65. The van der Waals surface area contributed by atoms with Crippen LogP contribution in [0.1, 0.15) is 33.6 Å². The number of imide groups is 1. The van der Waals surface area contributed by atoms with Crippen molar-refractivity contribution in [3.05, 3.63) is 102 Å². The number of aromatic nitrogens is 2. The molecule has 1 saturated heterocycles. The third-order valence-corrected chi connectivity index (χ3v) is 6.44. The number of amides is 2. The molecule has 1 atom stereocenters. The van der Waals surface area contributed by atoms with Gasteiger partial charge in [0.1, 0.15) is 0 Å². The smallest absolute Gasteiger partial charge is 0.340 e. The number of pyridine rings is 1. The second-order valence-corrected chi connectivity index (χ2v) is 8.48. The lowest BCUT2D eigenvalue weighted by Crippen LogP contribution is -2.40. The first-order valence-electron chi connectivity index (χ1n) is 11.0. The molecule has 1 unspecified atom stereocenters. The number of aromatic amines is 1. The average Bonchev–Trinajstić information content (AvgIpc) is 3.39. The Labute approximate surface area is 196 Å². The van der Waals surface area contributed by atoms with Gasteiger partial charge in [-0.15, -0.1) is 0 Å². The van der Waals surface area contributed by atoms with Crippen molar-refractivity contribution in [2.75, 3.05) is 7.11 Å². The highest BCUT2D eigenvalue weighted by atomic mass is 16.5. The Balaban J connectivity index is 1.62. The molecule has 170 valence electrons. The molecule has 0 bridgehead atoms. The molecule has 7 heteroatoms. The lowest BCUT2D eigenvalue weighted by atomic mass is 9.74. The van der Waals surface area contributed by atoms with Crippen LogP contribution < -0.4 is 0 Å². The summed E-state index contributed by atoms with van der Waals surface area (Å²) >= 11 is 0. The third-order valence-electron chi connectivity index (χ3n) is 6.44. The Morgan fingerprint density at radius 2 is 1.88 bits per heavy atom. The molecule has 2 aromatic heterocycles. The molecule has 1 aliphatic rings. The van der Waals surface area contributed by atoms with Gasteiger partial charge in [0.2, 0.25) is 11.8 Å². The molecule has 1 fully saturated rings. The Hall–Kier alpha value is -4.26. The van der Waals surface area contributed by atoms with E-state index < -0.39 is 11.4 Å². The molecule has 2 amide bonds. The number of esters is 1. The number of fused-ring (bicyclic) bond motifs is 1. The molecule has 7 nitrogen and oxygen atoms in total. The van der Waals surface area contributed by atoms with Gasteiger partial charge >= 0.3 is 5.97 Å². The molecule has 1 aliphatic heterocycles. The van der Waals surface area contributed by atoms with E-state index in [4.69, 9.17) is 4.74 Å². The van der Waals surface area contributed by atoms with Crippen LogP contribution >= 0.6 is 0 Å². The summed E-state index contributed by atoms with van der Waals surface area (Å²) in [5.41, 5.74) is 2.27. The van der Waals surface area contributed by atoms with E-state index in [1.165, 1.54) is 12.0 Å². The normalized spacial score (nSPS) is 18.0. The number of methoxy groups -OCH3 is 1. The molecule has 5 rings (SSSR count). The van der Waals surface area contributed by atoms with Crippen LogP contribution in [0.25, 0.3) is 10.9 Å². The summed E-state index contributed by atoms with van der Waals surface area (Å²) < 4.78 is 4.91. The van der Waals surface area contributed by atoms with E-state index in [0.29, 0.717) is 22.2 Å². The Morgan fingerprint density at radius 3 is 2.62 bits per heavy atom. The van der Waals surface area contributed by atoms with E-state index in [9.17, 15) is 14.4 Å². The summed E-state index contributed by atoms with van der Waals surface area (Å²) in [6, 6.07) is 20.5. The van der Waals surface area contributed by atoms with Crippen LogP contribution in [0.15, 0.2) is 79.1 Å². The summed E-state index contributed by atoms with van der Waals surface area (Å²) in [6.07, 6.45) is 3.57. The first-order chi connectivity index (χ1) is 16.5. The summed E-state index contributed by atoms with van der Waals surface area (Å²) in [7, 11) is 1.33. The van der Waals surface area contributed by atoms with E-state index in [-0.39, 0.29) is 31.2 Å². The molecule has 0 radical (unpaired) electrons. The Bertz CT molecular complexity index is 1380. The number of H-pyrrole nitrogens is 1. The number of carbonyl (C=O) groups excluding carboxylic acids is 3. The molecule has 0 saturated carbocycles. The van der Waals surface area contributed by atoms with Crippen LogP contribution in [0, 0.1) is 0 Å². The van der Waals surface area contributed by atoms with Crippen molar-refractivity contribution in [3.8, 4) is 0 Å². The molecule has 2 aromatic carbocycles.